The summed E-state index contributed by atoms with van der Waals surface area (Å²) in [4.78, 5) is 11.5. The van der Waals surface area contributed by atoms with Crippen LogP contribution in [0.2, 0.25) is 0 Å². The molecular weight excluding hydrogens is 343 g/mol. The van der Waals surface area contributed by atoms with Crippen LogP contribution in [0.5, 0.6) is 0 Å². The maximum Gasteiger partial charge on any atom is 0.416 e. The van der Waals surface area contributed by atoms with E-state index in [0.29, 0.717) is 4.47 Å². The molecule has 1 N–H and O–H groups in total. The number of rotatable bonds is 3. The smallest absolute Gasteiger partial charge is 0.416 e. The number of aromatic nitrogens is 3. The summed E-state index contributed by atoms with van der Waals surface area (Å²) in [6.07, 6.45) is -3.52. The van der Waals surface area contributed by atoms with Gasteiger partial charge in [-0.05, 0) is 23.8 Å². The summed E-state index contributed by atoms with van der Waals surface area (Å²) in [5.74, 6) is -1.29. The van der Waals surface area contributed by atoms with Gasteiger partial charge in [0.05, 0.1) is 18.3 Å². The first-order chi connectivity index (χ1) is 9.27. The molecule has 0 unspecified atom stereocenters. The lowest BCUT2D eigenvalue weighted by molar-refractivity contribution is -0.138. The van der Waals surface area contributed by atoms with Crippen LogP contribution in [0.3, 0.4) is 0 Å². The summed E-state index contributed by atoms with van der Waals surface area (Å²) in [7, 11) is 0. The highest BCUT2D eigenvalue weighted by molar-refractivity contribution is 9.10. The van der Waals surface area contributed by atoms with Gasteiger partial charge in [-0.25, -0.2) is 4.79 Å². The Morgan fingerprint density at radius 1 is 1.40 bits per heavy atom. The van der Waals surface area contributed by atoms with E-state index in [4.69, 9.17) is 5.11 Å². The number of carboxylic acids is 1. The monoisotopic (exact) mass is 349 g/mol. The molecule has 0 aliphatic heterocycles. The molecule has 2 aromatic rings. The van der Waals surface area contributed by atoms with Crippen molar-refractivity contribution in [3.8, 4) is 0 Å². The predicted molar refractivity (Wildman–Crippen MR) is 65.2 cm³/mol. The van der Waals surface area contributed by atoms with E-state index in [9.17, 15) is 18.0 Å². The molecule has 2 rings (SSSR count). The summed E-state index contributed by atoms with van der Waals surface area (Å²) in [5.41, 5.74) is -1.19. The molecule has 0 fully saturated rings. The zero-order valence-corrected chi connectivity index (χ0v) is 11.3. The van der Waals surface area contributed by atoms with E-state index < -0.39 is 17.7 Å². The molecule has 0 spiro atoms. The van der Waals surface area contributed by atoms with Crippen molar-refractivity contribution >= 4 is 21.9 Å². The Labute approximate surface area is 119 Å². The minimum atomic E-state index is -4.50. The lowest BCUT2D eigenvalue weighted by Gasteiger charge is -2.12. The molecule has 106 valence electrons. The fraction of sp³-hybridized carbons (Fsp3) is 0.182. The highest BCUT2D eigenvalue weighted by atomic mass is 79.9. The van der Waals surface area contributed by atoms with Crippen LogP contribution in [-0.4, -0.2) is 26.1 Å². The topological polar surface area (TPSA) is 68.0 Å². The molecule has 1 heterocycles. The zero-order chi connectivity index (χ0) is 14.9. The van der Waals surface area contributed by atoms with Crippen LogP contribution in [0.15, 0.2) is 28.9 Å². The summed E-state index contributed by atoms with van der Waals surface area (Å²) < 4.78 is 39.0. The van der Waals surface area contributed by atoms with E-state index in [1.165, 1.54) is 12.1 Å². The van der Waals surface area contributed by atoms with Gasteiger partial charge in [0.15, 0.2) is 5.69 Å². The van der Waals surface area contributed by atoms with E-state index >= 15 is 0 Å². The quantitative estimate of drug-likeness (QED) is 0.925. The third-order valence-electron chi connectivity index (χ3n) is 2.44. The van der Waals surface area contributed by atoms with E-state index in [-0.39, 0.29) is 17.8 Å². The number of nitrogens with zero attached hydrogens (tertiary/aromatic N) is 3. The summed E-state index contributed by atoms with van der Waals surface area (Å²) in [6, 6.07) is 3.53. The SMILES string of the molecule is O=C(O)c1cnn(Cc2cc(Br)ccc2C(F)(F)F)n1. The first kappa shape index (κ1) is 14.5. The Bertz CT molecular complexity index is 655. The number of halogens is 4. The predicted octanol–water partition coefficient (Wildman–Crippen LogP) is 2.81. The fourth-order valence-corrected chi connectivity index (χ4v) is 2.00. The maximum atomic E-state index is 12.9. The molecule has 20 heavy (non-hydrogen) atoms. The summed E-state index contributed by atoms with van der Waals surface area (Å²) >= 11 is 3.09. The van der Waals surface area contributed by atoms with Gasteiger partial charge in [0.25, 0.3) is 0 Å². The minimum absolute atomic E-state index is 0.0561. The average molecular weight is 350 g/mol. The van der Waals surface area contributed by atoms with Gasteiger partial charge < -0.3 is 5.11 Å². The summed E-state index contributed by atoms with van der Waals surface area (Å²) in [5, 5.41) is 15.9. The average Bonchev–Trinajstić information content (AvgIpc) is 2.76. The van der Waals surface area contributed by atoms with E-state index in [1.807, 2.05) is 0 Å². The molecule has 0 atom stereocenters. The number of alkyl halides is 3. The van der Waals surface area contributed by atoms with E-state index in [2.05, 4.69) is 26.1 Å². The van der Waals surface area contributed by atoms with Gasteiger partial charge in [-0.15, -0.1) is 5.10 Å². The largest absolute Gasteiger partial charge is 0.476 e. The molecule has 5 nitrogen and oxygen atoms in total. The second kappa shape index (κ2) is 5.23. The highest BCUT2D eigenvalue weighted by Gasteiger charge is 2.33. The number of aromatic carboxylic acids is 1. The van der Waals surface area contributed by atoms with Gasteiger partial charge in [0.1, 0.15) is 0 Å². The Hall–Kier alpha value is -1.90. The first-order valence-corrected chi connectivity index (χ1v) is 6.05. The first-order valence-electron chi connectivity index (χ1n) is 5.26. The second-order valence-corrected chi connectivity index (χ2v) is 4.78. The van der Waals surface area contributed by atoms with Crippen molar-refractivity contribution in [2.75, 3.05) is 0 Å². The molecule has 1 aromatic heterocycles. The fourth-order valence-electron chi connectivity index (χ4n) is 1.59. The normalized spacial score (nSPS) is 11.6. The van der Waals surface area contributed by atoms with Crippen molar-refractivity contribution in [2.24, 2.45) is 0 Å². The molecule has 0 aliphatic rings. The molecule has 9 heteroatoms. The van der Waals surface area contributed by atoms with Crippen LogP contribution in [0.25, 0.3) is 0 Å². The Kier molecular flexibility index (Phi) is 3.80. The van der Waals surface area contributed by atoms with Crippen molar-refractivity contribution in [1.82, 2.24) is 15.0 Å². The number of hydrogen-bond acceptors (Lipinski definition) is 3. The molecule has 0 saturated carbocycles. The van der Waals surface area contributed by atoms with Gasteiger partial charge in [-0.3, -0.25) is 0 Å². The van der Waals surface area contributed by atoms with Crippen LogP contribution in [0.1, 0.15) is 21.6 Å². The number of carboxylic acid groups (broad SMARTS) is 1. The van der Waals surface area contributed by atoms with Crippen LogP contribution >= 0.6 is 15.9 Å². The molecular formula is C11H7BrF3N3O2. The van der Waals surface area contributed by atoms with Gasteiger partial charge in [-0.1, -0.05) is 15.9 Å². The Morgan fingerprint density at radius 2 is 2.10 bits per heavy atom. The van der Waals surface area contributed by atoms with Crippen molar-refractivity contribution in [1.29, 1.82) is 0 Å². The Morgan fingerprint density at radius 3 is 2.65 bits per heavy atom. The van der Waals surface area contributed by atoms with Crippen LogP contribution < -0.4 is 0 Å². The molecule has 0 aliphatic carbocycles. The standard InChI is InChI=1S/C11H7BrF3N3O2/c12-7-1-2-8(11(13,14)15)6(3-7)5-18-16-4-9(17-18)10(19)20/h1-4H,5H2,(H,19,20). The highest BCUT2D eigenvalue weighted by Crippen LogP contribution is 2.33. The van der Waals surface area contributed by atoms with Gasteiger partial charge in [0.2, 0.25) is 0 Å². The third-order valence-corrected chi connectivity index (χ3v) is 2.93. The van der Waals surface area contributed by atoms with Crippen molar-refractivity contribution in [3.05, 3.63) is 45.7 Å². The molecule has 0 bridgehead atoms. The molecule has 1 aromatic carbocycles. The lowest BCUT2D eigenvalue weighted by Crippen LogP contribution is -2.13. The third kappa shape index (κ3) is 3.16. The number of benzene rings is 1. The van der Waals surface area contributed by atoms with Crippen molar-refractivity contribution < 1.29 is 23.1 Å². The van der Waals surface area contributed by atoms with Gasteiger partial charge in [0, 0.05) is 4.47 Å². The molecule has 0 radical (unpaired) electrons. The maximum absolute atomic E-state index is 12.9. The van der Waals surface area contributed by atoms with Crippen molar-refractivity contribution in [2.45, 2.75) is 12.7 Å². The van der Waals surface area contributed by atoms with Gasteiger partial charge in [-0.2, -0.15) is 23.1 Å². The lowest BCUT2D eigenvalue weighted by atomic mass is 10.1. The minimum Gasteiger partial charge on any atom is -0.476 e. The summed E-state index contributed by atoms with van der Waals surface area (Å²) in [6.45, 7) is -0.276. The Balaban J connectivity index is 2.36. The van der Waals surface area contributed by atoms with Crippen molar-refractivity contribution in [3.63, 3.8) is 0 Å². The number of carbonyl (C=O) groups is 1. The van der Waals surface area contributed by atoms with E-state index in [1.54, 1.807) is 0 Å². The molecule has 0 saturated heterocycles. The zero-order valence-electron chi connectivity index (χ0n) is 9.73. The number of hydrogen-bond donors (Lipinski definition) is 1. The van der Waals surface area contributed by atoms with Crippen LogP contribution in [0, 0.1) is 0 Å². The molecule has 0 amide bonds. The van der Waals surface area contributed by atoms with E-state index in [0.717, 1.165) is 17.1 Å². The van der Waals surface area contributed by atoms with Gasteiger partial charge >= 0.3 is 12.1 Å². The van der Waals surface area contributed by atoms with Crippen LogP contribution in [0.4, 0.5) is 13.2 Å². The second-order valence-electron chi connectivity index (χ2n) is 3.86. The van der Waals surface area contributed by atoms with Crippen LogP contribution in [-0.2, 0) is 12.7 Å².